The van der Waals surface area contributed by atoms with Crippen molar-refractivity contribution >= 4 is 20.9 Å². The number of carbonyl (C=O) groups is 2. The second kappa shape index (κ2) is 19.0. The van der Waals surface area contributed by atoms with E-state index in [1.54, 1.807) is 13.8 Å². The first-order valence-electron chi connectivity index (χ1n) is 9.33. The number of ether oxygens (including phenoxy) is 2. The van der Waals surface area contributed by atoms with Crippen LogP contribution in [0.5, 0.6) is 0 Å². The molecule has 1 N–H and O–H groups in total. The maximum Gasteiger partial charge on any atom is 0 e. The molecule has 0 bridgehead atoms. The van der Waals surface area contributed by atoms with Crippen molar-refractivity contribution in [1.29, 1.82) is 0 Å². The molecule has 11 heteroatoms. The van der Waals surface area contributed by atoms with Crippen LogP contribution in [-0.2, 0) is 35.8 Å². The van der Waals surface area contributed by atoms with Gasteiger partial charge in [0.2, 0.25) is 0 Å². The van der Waals surface area contributed by atoms with Crippen LogP contribution in [0.1, 0.15) is 41.5 Å². The minimum Gasteiger partial charge on any atom is 0 e. The normalized spacial score (nSPS) is 15.6. The Labute approximate surface area is 204 Å². The van der Waals surface area contributed by atoms with Gasteiger partial charge in [-0.3, -0.25) is 0 Å². The molecule has 5 radical (unpaired) electrons. The second-order valence-corrected chi connectivity index (χ2v) is 7.50. The summed E-state index contributed by atoms with van der Waals surface area (Å²) < 4.78 is 26.1. The van der Waals surface area contributed by atoms with Crippen molar-refractivity contribution in [1.82, 2.24) is 15.1 Å². The quantitative estimate of drug-likeness (QED) is 0.192. The van der Waals surface area contributed by atoms with E-state index in [-0.39, 0.29) is 39.0 Å². The minimum atomic E-state index is -0.691. The van der Waals surface area contributed by atoms with Gasteiger partial charge in [0.05, 0.1) is 27.4 Å². The fourth-order valence-electron chi connectivity index (χ4n) is 2.54. The molecule has 179 valence electrons. The Hall–Kier alpha value is -1.49. The van der Waals surface area contributed by atoms with Crippen LogP contribution in [0.25, 0.3) is 0 Å². The molecule has 0 aromatic heterocycles. The number of nitrogens with one attached hydrogen (secondary N) is 1. The summed E-state index contributed by atoms with van der Waals surface area (Å²) >= 11 is 0. The van der Waals surface area contributed by atoms with E-state index in [0.717, 1.165) is 16.1 Å². The van der Waals surface area contributed by atoms with E-state index in [4.69, 9.17) is 18.8 Å². The first-order valence-corrected chi connectivity index (χ1v) is 10.3. The maximum atomic E-state index is 12.3. The van der Waals surface area contributed by atoms with Crippen LogP contribution in [0.4, 0.5) is 9.59 Å². The Balaban J connectivity index is -0.00000159. The molecule has 0 heterocycles. The number of amides is 2. The van der Waals surface area contributed by atoms with Crippen molar-refractivity contribution in [2.45, 2.75) is 41.5 Å². The average Bonchev–Trinajstić information content (AvgIpc) is 2.93. The molecule has 1 aliphatic rings. The molecular weight excluding hydrogens is 477 g/mol. The number of hydrogen-bond acceptors (Lipinski definition) is 5. The van der Waals surface area contributed by atoms with E-state index in [9.17, 15) is 9.59 Å². The third-order valence-corrected chi connectivity index (χ3v) is 5.75. The van der Waals surface area contributed by atoms with Crippen LogP contribution < -0.4 is 5.43 Å². The van der Waals surface area contributed by atoms with Gasteiger partial charge in [0.15, 0.2) is 0 Å². The van der Waals surface area contributed by atoms with Crippen molar-refractivity contribution < 1.29 is 45.4 Å². The summed E-state index contributed by atoms with van der Waals surface area (Å²) in [4.78, 5) is 26.0. The number of hydrogen-bond donors (Lipinski definition) is 1. The Morgan fingerprint density at radius 2 is 1.38 bits per heavy atom. The zero-order valence-electron chi connectivity index (χ0n) is 19.7. The molecule has 0 spiro atoms. The van der Waals surface area contributed by atoms with Gasteiger partial charge < -0.3 is 14.4 Å². The Morgan fingerprint density at radius 3 is 1.75 bits per heavy atom. The number of rotatable bonds is 6. The molecular formula is C21H31FeN3O6P. The molecule has 1 fully saturated rings. The van der Waals surface area contributed by atoms with E-state index in [2.05, 4.69) is 52.5 Å². The first-order chi connectivity index (χ1) is 14.6. The molecule has 1 rings (SSSR count). The molecule has 0 saturated heterocycles. The molecule has 1 aliphatic carbocycles. The molecule has 2 amide bonds. The zero-order valence-corrected chi connectivity index (χ0v) is 21.8. The van der Waals surface area contributed by atoms with E-state index in [1.165, 1.54) is 23.7 Å². The fraction of sp³-hybridized carbons (Fsp3) is 0.476. The monoisotopic (exact) mass is 508 g/mol. The van der Waals surface area contributed by atoms with Crippen molar-refractivity contribution in [2.75, 3.05) is 27.3 Å². The van der Waals surface area contributed by atoms with Crippen LogP contribution in [-0.4, -0.2) is 49.2 Å². The second-order valence-electron chi connectivity index (χ2n) is 6.32. The summed E-state index contributed by atoms with van der Waals surface area (Å²) in [5.74, 6) is 6.12. The molecule has 0 aromatic rings. The first kappa shape index (κ1) is 35.1. The van der Waals surface area contributed by atoms with Crippen molar-refractivity contribution in [3.8, 4) is 0 Å². The van der Waals surface area contributed by atoms with Gasteiger partial charge >= 0.3 is 34.8 Å². The standard InChI is InChI=1S/C19H31N3O4P.2CO.Fe/c1-9-25-18(23)20-22(19(24)26-10-2)27-17(21(7)8)11-16-14(5)12(3)13(4)15(16)6;2*1-2;/h11,27H,9-10H2,1-8H3,(H,20,23);;;/b17-11-;;;. The van der Waals surface area contributed by atoms with Crippen molar-refractivity contribution in [2.24, 2.45) is 0 Å². The van der Waals surface area contributed by atoms with Gasteiger partial charge in [-0.25, -0.2) is 15.0 Å². The van der Waals surface area contributed by atoms with Crippen LogP contribution >= 0.6 is 8.73 Å². The number of allylic oxidation sites excluding steroid dienone is 1. The summed E-state index contributed by atoms with van der Waals surface area (Å²) in [6.45, 7) is 21.3. The molecule has 1 atom stereocenters. The SMILES string of the molecule is CCOC(=O)NN(P/C(=C\[C]1[C](C)[C](C)[C](C)[C]1C)N(C)C)C(=O)OCC.[C-]#[O+].[C-]#[O+].[Fe]. The van der Waals surface area contributed by atoms with Gasteiger partial charge in [-0.15, -0.1) is 0 Å². The van der Waals surface area contributed by atoms with Crippen LogP contribution in [0.15, 0.2) is 11.5 Å². The van der Waals surface area contributed by atoms with Gasteiger partial charge in [0, 0.05) is 37.1 Å². The number of carbonyl (C=O) groups excluding carboxylic acids is 2. The van der Waals surface area contributed by atoms with Crippen LogP contribution in [0.3, 0.4) is 0 Å². The van der Waals surface area contributed by atoms with Gasteiger partial charge in [0.25, 0.3) is 0 Å². The number of nitrogens with zero attached hydrogens (tertiary/aromatic N) is 2. The largest absolute Gasteiger partial charge is 0 e. The average molecular weight is 508 g/mol. The fourth-order valence-corrected chi connectivity index (χ4v) is 3.48. The Morgan fingerprint density at radius 1 is 0.938 bits per heavy atom. The molecule has 0 aromatic carbocycles. The topological polar surface area (TPSA) is 111 Å². The molecule has 1 unspecified atom stereocenters. The zero-order chi connectivity index (χ0) is 24.7. The molecule has 32 heavy (non-hydrogen) atoms. The third kappa shape index (κ3) is 10.9. The molecule has 9 nitrogen and oxygen atoms in total. The van der Waals surface area contributed by atoms with Crippen molar-refractivity contribution in [3.63, 3.8) is 0 Å². The Bertz CT molecular complexity index is 609. The Kier molecular flexibility index (Phi) is 20.9. The third-order valence-electron chi connectivity index (χ3n) is 4.41. The predicted molar refractivity (Wildman–Crippen MR) is 116 cm³/mol. The smallest absolute Gasteiger partial charge is 0 e. The molecule has 1 saturated carbocycles. The predicted octanol–water partition coefficient (Wildman–Crippen LogP) is 3.99. The van der Waals surface area contributed by atoms with E-state index < -0.39 is 12.2 Å². The summed E-state index contributed by atoms with van der Waals surface area (Å²) in [5.41, 5.74) is 3.33. The van der Waals surface area contributed by atoms with Crippen LogP contribution in [0.2, 0.25) is 0 Å². The van der Waals surface area contributed by atoms with E-state index in [0.29, 0.717) is 0 Å². The van der Waals surface area contributed by atoms with Gasteiger partial charge in [-0.2, -0.15) is 4.78 Å². The number of hydrazine groups is 1. The summed E-state index contributed by atoms with van der Waals surface area (Å²) in [6.07, 6.45) is 0.741. The maximum absolute atomic E-state index is 12.3. The summed E-state index contributed by atoms with van der Waals surface area (Å²) in [7, 11) is 3.65. The van der Waals surface area contributed by atoms with Crippen LogP contribution in [0, 0.1) is 42.9 Å². The summed E-state index contributed by atoms with van der Waals surface area (Å²) in [6, 6.07) is 0. The van der Waals surface area contributed by atoms with E-state index in [1.807, 2.05) is 19.0 Å². The van der Waals surface area contributed by atoms with Gasteiger partial charge in [0.1, 0.15) is 0 Å². The van der Waals surface area contributed by atoms with Gasteiger partial charge in [-0.05, 0) is 37.5 Å². The van der Waals surface area contributed by atoms with Crippen molar-refractivity contribution in [3.05, 3.63) is 54.4 Å². The minimum absolute atomic E-state index is 0. The molecule has 0 aliphatic heterocycles. The summed E-state index contributed by atoms with van der Waals surface area (Å²) in [5, 5.41) is 0. The van der Waals surface area contributed by atoms with E-state index >= 15 is 0 Å². The van der Waals surface area contributed by atoms with Gasteiger partial charge in [-0.1, -0.05) is 33.8 Å².